The van der Waals surface area contributed by atoms with Gasteiger partial charge in [-0.1, -0.05) is 30.6 Å². The van der Waals surface area contributed by atoms with Crippen molar-refractivity contribution in [3.05, 3.63) is 10.4 Å². The van der Waals surface area contributed by atoms with Crippen molar-refractivity contribution in [3.8, 4) is 0 Å². The standard InChI is InChI=1S/C7H16ClNSi/c1-4-9-7(8)6(10)5(2)3/h5,9H,4H2,1-3,10H3. The Morgan fingerprint density at radius 3 is 2.40 bits per heavy atom. The van der Waals surface area contributed by atoms with E-state index in [1.54, 1.807) is 0 Å². The van der Waals surface area contributed by atoms with Crippen LogP contribution in [0, 0.1) is 5.92 Å². The van der Waals surface area contributed by atoms with E-state index in [0.717, 1.165) is 21.9 Å². The van der Waals surface area contributed by atoms with E-state index in [-0.39, 0.29) is 0 Å². The summed E-state index contributed by atoms with van der Waals surface area (Å²) >= 11 is 5.93. The number of halogens is 1. The topological polar surface area (TPSA) is 12.0 Å². The Morgan fingerprint density at radius 1 is 1.60 bits per heavy atom. The number of rotatable bonds is 3. The third kappa shape index (κ3) is 3.27. The maximum atomic E-state index is 5.93. The minimum atomic E-state index is 0.596. The summed E-state index contributed by atoms with van der Waals surface area (Å²) in [4.78, 5) is 0. The van der Waals surface area contributed by atoms with E-state index in [1.807, 2.05) is 0 Å². The smallest absolute Gasteiger partial charge is 0.0962 e. The molecule has 0 aliphatic rings. The molecule has 3 heteroatoms. The fourth-order valence-electron chi connectivity index (χ4n) is 0.548. The van der Waals surface area contributed by atoms with Gasteiger partial charge in [0, 0.05) is 16.8 Å². The zero-order chi connectivity index (χ0) is 8.15. The van der Waals surface area contributed by atoms with Crippen LogP contribution in [-0.2, 0) is 0 Å². The summed E-state index contributed by atoms with van der Waals surface area (Å²) in [6, 6.07) is 0. The minimum Gasteiger partial charge on any atom is -0.376 e. The molecule has 0 unspecified atom stereocenters. The predicted molar refractivity (Wildman–Crippen MR) is 51.3 cm³/mol. The predicted octanol–water partition coefficient (Wildman–Crippen LogP) is 1.03. The highest BCUT2D eigenvalue weighted by atomic mass is 35.5. The van der Waals surface area contributed by atoms with Crippen LogP contribution in [0.3, 0.4) is 0 Å². The van der Waals surface area contributed by atoms with E-state index in [9.17, 15) is 0 Å². The third-order valence-electron chi connectivity index (χ3n) is 1.54. The normalized spacial score (nSPS) is 13.7. The summed E-state index contributed by atoms with van der Waals surface area (Å²) in [6.07, 6.45) is 0. The summed E-state index contributed by atoms with van der Waals surface area (Å²) in [7, 11) is 1.06. The molecule has 0 rings (SSSR count). The van der Waals surface area contributed by atoms with Crippen molar-refractivity contribution in [1.29, 1.82) is 0 Å². The zero-order valence-electron chi connectivity index (χ0n) is 7.16. The molecule has 0 aromatic carbocycles. The Kier molecular flexibility index (Phi) is 4.82. The second-order valence-electron chi connectivity index (χ2n) is 2.68. The molecule has 0 spiro atoms. The van der Waals surface area contributed by atoms with Gasteiger partial charge in [-0.25, -0.2) is 0 Å². The van der Waals surface area contributed by atoms with Gasteiger partial charge in [0.25, 0.3) is 0 Å². The molecular formula is C7H16ClNSi. The van der Waals surface area contributed by atoms with Gasteiger partial charge in [-0.15, -0.1) is 0 Å². The van der Waals surface area contributed by atoms with E-state index < -0.39 is 0 Å². The maximum Gasteiger partial charge on any atom is 0.0962 e. The first-order valence-electron chi connectivity index (χ1n) is 3.69. The lowest BCUT2D eigenvalue weighted by molar-refractivity contribution is 0.784. The monoisotopic (exact) mass is 177 g/mol. The Balaban J connectivity index is 4.05. The van der Waals surface area contributed by atoms with Crippen LogP contribution in [-0.4, -0.2) is 16.8 Å². The average molecular weight is 178 g/mol. The minimum absolute atomic E-state index is 0.596. The van der Waals surface area contributed by atoms with Crippen molar-refractivity contribution in [1.82, 2.24) is 5.32 Å². The van der Waals surface area contributed by atoms with E-state index >= 15 is 0 Å². The van der Waals surface area contributed by atoms with Gasteiger partial charge in [-0.3, -0.25) is 0 Å². The van der Waals surface area contributed by atoms with E-state index in [2.05, 4.69) is 26.1 Å². The SMILES string of the molecule is CCNC(Cl)=C([SiH3])C(C)C. The summed E-state index contributed by atoms with van der Waals surface area (Å²) in [6.45, 7) is 7.30. The van der Waals surface area contributed by atoms with E-state index in [0.29, 0.717) is 5.92 Å². The Morgan fingerprint density at radius 2 is 2.10 bits per heavy atom. The summed E-state index contributed by atoms with van der Waals surface area (Å²) in [5.41, 5.74) is 0. The lowest BCUT2D eigenvalue weighted by Crippen LogP contribution is -2.12. The molecule has 0 heterocycles. The Hall–Kier alpha value is 0.0469. The van der Waals surface area contributed by atoms with Crippen molar-refractivity contribution in [2.75, 3.05) is 6.54 Å². The van der Waals surface area contributed by atoms with Crippen LogP contribution in [0.5, 0.6) is 0 Å². The van der Waals surface area contributed by atoms with Gasteiger partial charge in [-0.05, 0) is 12.8 Å². The summed E-state index contributed by atoms with van der Waals surface area (Å²) in [5, 5.41) is 5.34. The molecule has 60 valence electrons. The largest absolute Gasteiger partial charge is 0.376 e. The third-order valence-corrected chi connectivity index (χ3v) is 3.95. The molecule has 0 fully saturated rings. The first kappa shape index (κ1) is 10.0. The van der Waals surface area contributed by atoms with Crippen LogP contribution in [0.4, 0.5) is 0 Å². The number of hydrogen-bond donors (Lipinski definition) is 1. The van der Waals surface area contributed by atoms with Crippen molar-refractivity contribution in [2.24, 2.45) is 5.92 Å². The average Bonchev–Trinajstić information content (AvgIpc) is 1.87. The molecule has 0 saturated heterocycles. The zero-order valence-corrected chi connectivity index (χ0v) is 9.92. The van der Waals surface area contributed by atoms with Crippen LogP contribution in [0.2, 0.25) is 0 Å². The highest BCUT2D eigenvalue weighted by molar-refractivity contribution is 6.35. The second-order valence-corrected chi connectivity index (χ2v) is 4.14. The first-order chi connectivity index (χ1) is 4.59. The van der Waals surface area contributed by atoms with Gasteiger partial charge in [0.15, 0.2) is 0 Å². The van der Waals surface area contributed by atoms with Gasteiger partial charge >= 0.3 is 0 Å². The molecular weight excluding hydrogens is 162 g/mol. The van der Waals surface area contributed by atoms with Gasteiger partial charge in [-0.2, -0.15) is 0 Å². The Labute approximate surface area is 71.3 Å². The van der Waals surface area contributed by atoms with Gasteiger partial charge in [0.05, 0.1) is 5.16 Å². The molecule has 0 aliphatic carbocycles. The molecule has 1 nitrogen and oxygen atoms in total. The number of allylic oxidation sites excluding steroid dienone is 1. The highest BCUT2D eigenvalue weighted by Gasteiger charge is 2.01. The van der Waals surface area contributed by atoms with Crippen molar-refractivity contribution in [3.63, 3.8) is 0 Å². The van der Waals surface area contributed by atoms with Gasteiger partial charge in [0.1, 0.15) is 0 Å². The summed E-state index contributed by atoms with van der Waals surface area (Å²) < 4.78 is 0. The van der Waals surface area contributed by atoms with Crippen molar-refractivity contribution >= 4 is 21.8 Å². The van der Waals surface area contributed by atoms with E-state index in [4.69, 9.17) is 11.6 Å². The van der Waals surface area contributed by atoms with Gasteiger partial charge < -0.3 is 5.32 Å². The van der Waals surface area contributed by atoms with Crippen LogP contribution >= 0.6 is 11.6 Å². The number of nitrogens with one attached hydrogen (secondary N) is 1. The quantitative estimate of drug-likeness (QED) is 0.502. The molecule has 0 saturated carbocycles. The first-order valence-corrected chi connectivity index (χ1v) is 5.07. The lowest BCUT2D eigenvalue weighted by atomic mass is 10.2. The fourth-order valence-corrected chi connectivity index (χ4v) is 1.08. The highest BCUT2D eigenvalue weighted by Crippen LogP contribution is 2.11. The molecule has 0 aliphatic heterocycles. The lowest BCUT2D eigenvalue weighted by Gasteiger charge is -2.09. The molecule has 0 radical (unpaired) electrons. The van der Waals surface area contributed by atoms with E-state index in [1.165, 1.54) is 5.20 Å². The molecule has 0 aromatic heterocycles. The Bertz CT molecular complexity index is 132. The van der Waals surface area contributed by atoms with Crippen LogP contribution in [0.15, 0.2) is 10.4 Å². The van der Waals surface area contributed by atoms with Crippen LogP contribution in [0.1, 0.15) is 20.8 Å². The molecule has 1 N–H and O–H groups in total. The molecule has 0 aromatic rings. The molecule has 0 atom stereocenters. The van der Waals surface area contributed by atoms with Crippen molar-refractivity contribution < 1.29 is 0 Å². The van der Waals surface area contributed by atoms with Crippen LogP contribution in [0.25, 0.3) is 0 Å². The number of hydrogen-bond acceptors (Lipinski definition) is 1. The second kappa shape index (κ2) is 4.80. The molecule has 10 heavy (non-hydrogen) atoms. The summed E-state index contributed by atoms with van der Waals surface area (Å²) in [5.74, 6) is 0.596. The van der Waals surface area contributed by atoms with Crippen molar-refractivity contribution in [2.45, 2.75) is 20.8 Å². The maximum absolute atomic E-state index is 5.93. The van der Waals surface area contributed by atoms with Gasteiger partial charge in [0.2, 0.25) is 0 Å². The fraction of sp³-hybridized carbons (Fsp3) is 0.714. The molecule has 0 bridgehead atoms. The van der Waals surface area contributed by atoms with Crippen LogP contribution < -0.4 is 5.32 Å². The molecule has 0 amide bonds.